The van der Waals surface area contributed by atoms with E-state index in [1.807, 2.05) is 78.2 Å². The van der Waals surface area contributed by atoms with E-state index in [1.54, 1.807) is 24.3 Å². The van der Waals surface area contributed by atoms with Gasteiger partial charge in [0.05, 0.1) is 10.6 Å². The Labute approximate surface area is 174 Å². The Bertz CT molecular complexity index is 1500. The molecule has 0 saturated carbocycles. The average Bonchev–Trinajstić information content (AvgIpc) is 3.19. The number of nitrogens with one attached hydrogen (secondary N) is 1. The van der Waals surface area contributed by atoms with Gasteiger partial charge < -0.3 is 4.40 Å². The minimum atomic E-state index is -3.75. The van der Waals surface area contributed by atoms with Gasteiger partial charge in [-0.3, -0.25) is 4.72 Å². The number of hydrogen-bond acceptors (Lipinski definition) is 3. The van der Waals surface area contributed by atoms with Gasteiger partial charge in [0.15, 0.2) is 0 Å². The SMILES string of the molecule is Cc1cccc2nc(-c3cccc(NS(=O)(=O)c4cccc5ccccc45)c3)cn12. The summed E-state index contributed by atoms with van der Waals surface area (Å²) in [7, 11) is -3.75. The van der Waals surface area contributed by atoms with E-state index in [0.29, 0.717) is 11.1 Å². The zero-order chi connectivity index (χ0) is 20.7. The van der Waals surface area contributed by atoms with Gasteiger partial charge >= 0.3 is 0 Å². The van der Waals surface area contributed by atoms with Gasteiger partial charge in [0.25, 0.3) is 10.0 Å². The third kappa shape index (κ3) is 3.21. The molecule has 2 heterocycles. The summed E-state index contributed by atoms with van der Waals surface area (Å²) in [6, 6.07) is 26.0. The fraction of sp³-hybridized carbons (Fsp3) is 0.0417. The summed E-state index contributed by atoms with van der Waals surface area (Å²) < 4.78 is 31.0. The number of sulfonamides is 1. The lowest BCUT2D eigenvalue weighted by Gasteiger charge is -2.11. The minimum Gasteiger partial charge on any atom is -0.304 e. The van der Waals surface area contributed by atoms with Crippen molar-refractivity contribution in [2.75, 3.05) is 4.72 Å². The summed E-state index contributed by atoms with van der Waals surface area (Å²) in [5, 5.41) is 1.58. The van der Waals surface area contributed by atoms with Gasteiger partial charge in [-0.1, -0.05) is 54.6 Å². The van der Waals surface area contributed by atoms with E-state index in [4.69, 9.17) is 0 Å². The lowest BCUT2D eigenvalue weighted by atomic mass is 10.1. The van der Waals surface area contributed by atoms with Crippen LogP contribution in [-0.2, 0) is 10.0 Å². The highest BCUT2D eigenvalue weighted by Crippen LogP contribution is 2.27. The van der Waals surface area contributed by atoms with Crippen molar-refractivity contribution in [2.45, 2.75) is 11.8 Å². The highest BCUT2D eigenvalue weighted by Gasteiger charge is 2.17. The van der Waals surface area contributed by atoms with E-state index in [2.05, 4.69) is 9.71 Å². The largest absolute Gasteiger partial charge is 0.304 e. The van der Waals surface area contributed by atoms with Crippen LogP contribution >= 0.6 is 0 Å². The second kappa shape index (κ2) is 7.00. The van der Waals surface area contributed by atoms with Crippen LogP contribution in [0.4, 0.5) is 5.69 Å². The Hall–Kier alpha value is -3.64. The van der Waals surface area contributed by atoms with Gasteiger partial charge in [0, 0.05) is 28.5 Å². The number of anilines is 1. The Morgan fingerprint density at radius 3 is 2.50 bits per heavy atom. The van der Waals surface area contributed by atoms with Crippen LogP contribution in [0.5, 0.6) is 0 Å². The lowest BCUT2D eigenvalue weighted by molar-refractivity contribution is 0.602. The maximum Gasteiger partial charge on any atom is 0.262 e. The first-order chi connectivity index (χ1) is 14.5. The quantitative estimate of drug-likeness (QED) is 0.437. The number of fused-ring (bicyclic) bond motifs is 2. The van der Waals surface area contributed by atoms with Crippen LogP contribution in [0.3, 0.4) is 0 Å². The number of aryl methyl sites for hydroxylation is 1. The van der Waals surface area contributed by atoms with E-state index < -0.39 is 10.0 Å². The third-order valence-corrected chi connectivity index (χ3v) is 6.59. The topological polar surface area (TPSA) is 63.5 Å². The zero-order valence-corrected chi connectivity index (χ0v) is 17.1. The minimum absolute atomic E-state index is 0.259. The van der Waals surface area contributed by atoms with E-state index in [-0.39, 0.29) is 4.90 Å². The summed E-state index contributed by atoms with van der Waals surface area (Å²) in [4.78, 5) is 4.92. The molecule has 5 rings (SSSR count). The summed E-state index contributed by atoms with van der Waals surface area (Å²) in [6.45, 7) is 2.02. The summed E-state index contributed by atoms with van der Waals surface area (Å²) >= 11 is 0. The van der Waals surface area contributed by atoms with E-state index in [0.717, 1.165) is 28.0 Å². The molecule has 0 aliphatic carbocycles. The molecule has 0 radical (unpaired) electrons. The van der Waals surface area contributed by atoms with Crippen LogP contribution in [0.2, 0.25) is 0 Å². The van der Waals surface area contributed by atoms with Crippen LogP contribution in [0.25, 0.3) is 27.7 Å². The zero-order valence-electron chi connectivity index (χ0n) is 16.3. The van der Waals surface area contributed by atoms with Gasteiger partial charge in [-0.25, -0.2) is 13.4 Å². The van der Waals surface area contributed by atoms with Crippen LogP contribution in [-0.4, -0.2) is 17.8 Å². The smallest absolute Gasteiger partial charge is 0.262 e. The molecule has 0 fully saturated rings. The number of hydrogen-bond donors (Lipinski definition) is 1. The highest BCUT2D eigenvalue weighted by molar-refractivity contribution is 7.93. The van der Waals surface area contributed by atoms with E-state index >= 15 is 0 Å². The highest BCUT2D eigenvalue weighted by atomic mass is 32.2. The molecular formula is C24H19N3O2S. The number of pyridine rings is 1. The Morgan fingerprint density at radius 1 is 0.867 bits per heavy atom. The number of nitrogens with zero attached hydrogens (tertiary/aromatic N) is 2. The van der Waals surface area contributed by atoms with E-state index in [1.165, 1.54) is 0 Å². The second-order valence-electron chi connectivity index (χ2n) is 7.19. The van der Waals surface area contributed by atoms with Crippen molar-refractivity contribution >= 4 is 32.1 Å². The van der Waals surface area contributed by atoms with Crippen molar-refractivity contribution < 1.29 is 8.42 Å². The number of rotatable bonds is 4. The molecule has 0 unspecified atom stereocenters. The van der Waals surface area contributed by atoms with Gasteiger partial charge in [0.1, 0.15) is 5.65 Å². The first kappa shape index (κ1) is 18.4. The van der Waals surface area contributed by atoms with Crippen molar-refractivity contribution in [1.29, 1.82) is 0 Å². The molecule has 6 heteroatoms. The first-order valence-electron chi connectivity index (χ1n) is 9.57. The van der Waals surface area contributed by atoms with E-state index in [9.17, 15) is 8.42 Å². The van der Waals surface area contributed by atoms with Crippen LogP contribution in [0.1, 0.15) is 5.69 Å². The standard InChI is InChI=1S/C24H19N3O2S/c1-17-7-4-14-24-25-22(16-27(17)24)19-10-5-11-20(15-19)26-30(28,29)23-13-6-9-18-8-2-3-12-21(18)23/h2-16,26H,1H3. The summed E-state index contributed by atoms with van der Waals surface area (Å²) in [5.41, 5.74) is 4.06. The molecule has 0 aliphatic rings. The molecule has 5 nitrogen and oxygen atoms in total. The molecule has 0 bridgehead atoms. The molecule has 0 saturated heterocycles. The lowest BCUT2D eigenvalue weighted by Crippen LogP contribution is -2.13. The predicted octanol–water partition coefficient (Wildman–Crippen LogP) is 5.26. The van der Waals surface area contributed by atoms with Crippen molar-refractivity contribution in [1.82, 2.24) is 9.38 Å². The molecule has 0 amide bonds. The fourth-order valence-corrected chi connectivity index (χ4v) is 4.95. The number of benzene rings is 3. The normalized spacial score (nSPS) is 11.8. The van der Waals surface area contributed by atoms with Gasteiger partial charge in [-0.15, -0.1) is 0 Å². The maximum absolute atomic E-state index is 13.1. The van der Waals surface area contributed by atoms with Gasteiger partial charge in [-0.2, -0.15) is 0 Å². The Morgan fingerprint density at radius 2 is 1.63 bits per heavy atom. The van der Waals surface area contributed by atoms with Crippen LogP contribution in [0, 0.1) is 6.92 Å². The molecule has 148 valence electrons. The van der Waals surface area contributed by atoms with Crippen LogP contribution in [0.15, 0.2) is 96.0 Å². The monoisotopic (exact) mass is 413 g/mol. The molecule has 2 aromatic heterocycles. The first-order valence-corrected chi connectivity index (χ1v) is 11.1. The molecule has 5 aromatic rings. The fourth-order valence-electron chi connectivity index (χ4n) is 3.67. The van der Waals surface area contributed by atoms with Crippen molar-refractivity contribution in [2.24, 2.45) is 0 Å². The van der Waals surface area contributed by atoms with Crippen molar-refractivity contribution in [3.05, 3.63) is 96.8 Å². The summed E-state index contributed by atoms with van der Waals surface area (Å²) in [5.74, 6) is 0. The molecular weight excluding hydrogens is 394 g/mol. The number of imidazole rings is 1. The Kier molecular flexibility index (Phi) is 4.29. The third-order valence-electron chi connectivity index (χ3n) is 5.15. The van der Waals surface area contributed by atoms with Crippen molar-refractivity contribution in [3.63, 3.8) is 0 Å². The van der Waals surface area contributed by atoms with Gasteiger partial charge in [-0.05, 0) is 42.6 Å². The molecule has 30 heavy (non-hydrogen) atoms. The van der Waals surface area contributed by atoms with Gasteiger partial charge in [0.2, 0.25) is 0 Å². The Balaban J connectivity index is 1.53. The molecule has 0 spiro atoms. The molecule has 0 atom stereocenters. The molecule has 0 aliphatic heterocycles. The summed E-state index contributed by atoms with van der Waals surface area (Å²) in [6.07, 6.45) is 1.96. The maximum atomic E-state index is 13.1. The molecule has 1 N–H and O–H groups in total. The molecule has 3 aromatic carbocycles. The number of aromatic nitrogens is 2. The second-order valence-corrected chi connectivity index (χ2v) is 8.84. The van der Waals surface area contributed by atoms with Crippen molar-refractivity contribution in [3.8, 4) is 11.3 Å². The predicted molar refractivity (Wildman–Crippen MR) is 120 cm³/mol. The average molecular weight is 414 g/mol. The van der Waals surface area contributed by atoms with Crippen LogP contribution < -0.4 is 4.72 Å².